The minimum atomic E-state index is -0.0193. The van der Waals surface area contributed by atoms with Gasteiger partial charge >= 0.3 is 0 Å². The van der Waals surface area contributed by atoms with Crippen LogP contribution in [0.4, 0.5) is 0 Å². The first kappa shape index (κ1) is 11.5. The molecule has 0 saturated carbocycles. The summed E-state index contributed by atoms with van der Waals surface area (Å²) in [7, 11) is 0. The molecule has 2 heterocycles. The average molecular weight is 237 g/mol. The van der Waals surface area contributed by atoms with Crippen molar-refractivity contribution in [3.05, 3.63) is 35.3 Å². The lowest BCUT2D eigenvalue weighted by Crippen LogP contribution is -1.99. The number of rotatable bonds is 2. The predicted octanol–water partition coefficient (Wildman–Crippen LogP) is 4.07. The molecule has 0 N–H and O–H groups in total. The summed E-state index contributed by atoms with van der Waals surface area (Å²) < 4.78 is 2.11. The minimum Gasteiger partial charge on any atom is -0.302 e. The highest BCUT2D eigenvalue weighted by Gasteiger charge is 2.19. The van der Waals surface area contributed by atoms with Crippen molar-refractivity contribution < 1.29 is 0 Å². The Hall–Kier alpha value is -1.02. The van der Waals surface area contributed by atoms with E-state index >= 15 is 0 Å². The maximum atomic E-state index is 6.26. The molecule has 3 heteroatoms. The van der Waals surface area contributed by atoms with Crippen LogP contribution in [-0.2, 0) is 0 Å². The van der Waals surface area contributed by atoms with Gasteiger partial charge in [0.2, 0.25) is 0 Å². The van der Waals surface area contributed by atoms with Gasteiger partial charge in [0.05, 0.1) is 16.8 Å². The van der Waals surface area contributed by atoms with Crippen molar-refractivity contribution in [2.75, 3.05) is 0 Å². The number of fused-ring (bicyclic) bond motifs is 1. The molecule has 0 radical (unpaired) electrons. The van der Waals surface area contributed by atoms with Crippen molar-refractivity contribution in [1.29, 1.82) is 0 Å². The molecule has 0 amide bonds. The second-order valence-corrected chi connectivity index (χ2v) is 5.19. The Bertz CT molecular complexity index is 512. The molecule has 2 nitrogen and oxygen atoms in total. The van der Waals surface area contributed by atoms with Gasteiger partial charge in [-0.15, -0.1) is 11.6 Å². The Morgan fingerprint density at radius 3 is 2.56 bits per heavy atom. The van der Waals surface area contributed by atoms with E-state index in [9.17, 15) is 0 Å². The molecular formula is C13H17ClN2. The standard InChI is InChI=1S/C13H17ClN2/c1-8(2)11-12(10(4)14)16-7-5-6-9(3)13(16)15-11/h5-8,10H,1-4H3. The fraction of sp³-hybridized carbons (Fsp3) is 0.462. The average Bonchev–Trinajstić information content (AvgIpc) is 2.58. The highest BCUT2D eigenvalue weighted by molar-refractivity contribution is 6.20. The minimum absolute atomic E-state index is 0.0193. The summed E-state index contributed by atoms with van der Waals surface area (Å²) in [6.45, 7) is 8.38. The SMILES string of the molecule is Cc1cccn2c(C(C)Cl)c(C(C)C)nc12. The molecule has 0 aromatic carbocycles. The molecule has 0 spiro atoms. The summed E-state index contributed by atoms with van der Waals surface area (Å²) in [5.41, 5.74) is 4.44. The molecule has 0 aliphatic carbocycles. The van der Waals surface area contributed by atoms with Crippen LogP contribution in [0.2, 0.25) is 0 Å². The zero-order chi connectivity index (χ0) is 11.9. The molecule has 2 rings (SSSR count). The van der Waals surface area contributed by atoms with E-state index in [-0.39, 0.29) is 5.38 Å². The maximum Gasteiger partial charge on any atom is 0.140 e. The van der Waals surface area contributed by atoms with Crippen LogP contribution >= 0.6 is 11.6 Å². The Morgan fingerprint density at radius 2 is 2.00 bits per heavy atom. The van der Waals surface area contributed by atoms with E-state index in [1.54, 1.807) is 0 Å². The van der Waals surface area contributed by atoms with E-state index in [1.807, 2.05) is 19.2 Å². The van der Waals surface area contributed by atoms with Gasteiger partial charge in [-0.05, 0) is 31.4 Å². The Balaban J connectivity index is 2.81. The molecule has 1 unspecified atom stereocenters. The van der Waals surface area contributed by atoms with Crippen LogP contribution in [0.5, 0.6) is 0 Å². The van der Waals surface area contributed by atoms with Gasteiger partial charge < -0.3 is 4.40 Å². The molecule has 0 bridgehead atoms. The van der Waals surface area contributed by atoms with Crippen LogP contribution in [0, 0.1) is 6.92 Å². The summed E-state index contributed by atoms with van der Waals surface area (Å²) in [6, 6.07) is 4.12. The first-order valence-electron chi connectivity index (χ1n) is 5.64. The third-order valence-corrected chi connectivity index (χ3v) is 3.04. The van der Waals surface area contributed by atoms with Gasteiger partial charge in [0.1, 0.15) is 5.65 Å². The number of alkyl halides is 1. The van der Waals surface area contributed by atoms with E-state index in [4.69, 9.17) is 16.6 Å². The van der Waals surface area contributed by atoms with E-state index in [0.717, 1.165) is 17.0 Å². The molecule has 2 aromatic rings. The number of aromatic nitrogens is 2. The van der Waals surface area contributed by atoms with Crippen molar-refractivity contribution in [2.45, 2.75) is 39.0 Å². The van der Waals surface area contributed by atoms with E-state index in [0.29, 0.717) is 5.92 Å². The van der Waals surface area contributed by atoms with Gasteiger partial charge in [0.15, 0.2) is 0 Å². The van der Waals surface area contributed by atoms with E-state index < -0.39 is 0 Å². The third-order valence-electron chi connectivity index (χ3n) is 2.83. The maximum absolute atomic E-state index is 6.26. The lowest BCUT2D eigenvalue weighted by Gasteiger charge is -2.08. The highest BCUT2D eigenvalue weighted by Crippen LogP contribution is 2.30. The van der Waals surface area contributed by atoms with Gasteiger partial charge in [-0.2, -0.15) is 0 Å². The summed E-state index contributed by atoms with van der Waals surface area (Å²) in [4.78, 5) is 4.71. The zero-order valence-corrected chi connectivity index (χ0v) is 10.9. The quantitative estimate of drug-likeness (QED) is 0.719. The lowest BCUT2D eigenvalue weighted by molar-refractivity contribution is 0.799. The second kappa shape index (κ2) is 4.10. The molecule has 0 aliphatic heterocycles. The van der Waals surface area contributed by atoms with E-state index in [2.05, 4.69) is 31.2 Å². The van der Waals surface area contributed by atoms with Crippen LogP contribution in [0.15, 0.2) is 18.3 Å². The van der Waals surface area contributed by atoms with Gasteiger partial charge in [0, 0.05) is 6.20 Å². The Kier molecular flexibility index (Phi) is 2.94. The van der Waals surface area contributed by atoms with Gasteiger partial charge in [-0.25, -0.2) is 4.98 Å². The summed E-state index contributed by atoms with van der Waals surface area (Å²) in [5, 5.41) is -0.0193. The Morgan fingerprint density at radius 1 is 1.31 bits per heavy atom. The van der Waals surface area contributed by atoms with Gasteiger partial charge in [0.25, 0.3) is 0 Å². The van der Waals surface area contributed by atoms with Crippen LogP contribution in [0.1, 0.15) is 49.0 Å². The fourth-order valence-corrected chi connectivity index (χ4v) is 2.28. The molecule has 1 atom stereocenters. The number of pyridine rings is 1. The first-order chi connectivity index (χ1) is 7.52. The fourth-order valence-electron chi connectivity index (χ4n) is 2.06. The summed E-state index contributed by atoms with van der Waals surface area (Å²) >= 11 is 6.26. The lowest BCUT2D eigenvalue weighted by atomic mass is 10.1. The number of aryl methyl sites for hydroxylation is 1. The molecule has 2 aromatic heterocycles. The van der Waals surface area contributed by atoms with Gasteiger partial charge in [-0.3, -0.25) is 0 Å². The van der Waals surface area contributed by atoms with Gasteiger partial charge in [-0.1, -0.05) is 19.9 Å². The summed E-state index contributed by atoms with van der Waals surface area (Å²) in [6.07, 6.45) is 2.04. The van der Waals surface area contributed by atoms with Crippen LogP contribution < -0.4 is 0 Å². The van der Waals surface area contributed by atoms with Crippen molar-refractivity contribution in [3.63, 3.8) is 0 Å². The topological polar surface area (TPSA) is 17.3 Å². The highest BCUT2D eigenvalue weighted by atomic mass is 35.5. The number of hydrogen-bond donors (Lipinski definition) is 0. The second-order valence-electron chi connectivity index (χ2n) is 4.54. The van der Waals surface area contributed by atoms with Crippen LogP contribution in [0.25, 0.3) is 5.65 Å². The van der Waals surface area contributed by atoms with Crippen molar-refractivity contribution in [2.24, 2.45) is 0 Å². The Labute approximate surface area is 101 Å². The molecular weight excluding hydrogens is 220 g/mol. The monoisotopic (exact) mass is 236 g/mol. The molecule has 86 valence electrons. The first-order valence-corrected chi connectivity index (χ1v) is 6.07. The largest absolute Gasteiger partial charge is 0.302 e. The molecule has 0 saturated heterocycles. The smallest absolute Gasteiger partial charge is 0.140 e. The predicted molar refractivity (Wildman–Crippen MR) is 68.3 cm³/mol. The van der Waals surface area contributed by atoms with Crippen molar-refractivity contribution in [3.8, 4) is 0 Å². The molecule has 0 aliphatic rings. The van der Waals surface area contributed by atoms with E-state index in [1.165, 1.54) is 5.56 Å². The zero-order valence-electron chi connectivity index (χ0n) is 10.2. The summed E-state index contributed by atoms with van der Waals surface area (Å²) in [5.74, 6) is 0.399. The van der Waals surface area contributed by atoms with Crippen molar-refractivity contribution in [1.82, 2.24) is 9.38 Å². The number of hydrogen-bond acceptors (Lipinski definition) is 1. The van der Waals surface area contributed by atoms with Crippen molar-refractivity contribution >= 4 is 17.2 Å². The normalized spacial score (nSPS) is 13.6. The number of imidazole rings is 1. The molecule has 0 fully saturated rings. The van der Waals surface area contributed by atoms with Crippen LogP contribution in [0.3, 0.4) is 0 Å². The van der Waals surface area contributed by atoms with Crippen LogP contribution in [-0.4, -0.2) is 9.38 Å². The third kappa shape index (κ3) is 1.71. The number of nitrogens with zero attached hydrogens (tertiary/aromatic N) is 2. The number of halogens is 1. The molecule has 16 heavy (non-hydrogen) atoms.